The van der Waals surface area contributed by atoms with Crippen molar-refractivity contribution in [3.63, 3.8) is 0 Å². The maximum atomic E-state index is 11.5. The Morgan fingerprint density at radius 3 is 2.36 bits per heavy atom. The molecule has 2 aromatic rings. The van der Waals surface area contributed by atoms with Crippen LogP contribution in [0.15, 0.2) is 53.7 Å². The third kappa shape index (κ3) is 5.90. The quantitative estimate of drug-likeness (QED) is 0.682. The number of thiocarbonyl (C=S) groups is 1. The van der Waals surface area contributed by atoms with Gasteiger partial charge in [0, 0.05) is 35.1 Å². The molecule has 150 valence electrons. The molecule has 28 heavy (non-hydrogen) atoms. The number of hydrogen-bond acceptors (Lipinski definition) is 4. The number of aromatic amines is 1. The van der Waals surface area contributed by atoms with Crippen LogP contribution in [0, 0.1) is 0 Å². The molecule has 0 radical (unpaired) electrons. The minimum Gasteiger partial charge on any atom is -0.344 e. The van der Waals surface area contributed by atoms with Crippen LogP contribution in [0.3, 0.4) is 0 Å². The van der Waals surface area contributed by atoms with Gasteiger partial charge in [-0.25, -0.2) is 22.2 Å². The Hall–Kier alpha value is -2.19. The number of benzene rings is 1. The monoisotopic (exact) mass is 424 g/mol. The fourth-order valence-corrected chi connectivity index (χ4v) is 3.24. The minimum absolute atomic E-state index is 0.0625. The summed E-state index contributed by atoms with van der Waals surface area (Å²) >= 11 is 5.41. The average molecular weight is 425 g/mol. The molecule has 0 fully saturated rings. The second-order valence-corrected chi connectivity index (χ2v) is 8.99. The number of rotatable bonds is 4. The summed E-state index contributed by atoms with van der Waals surface area (Å²) in [7, 11) is -3.20. The number of H-pyrrole nitrogens is 1. The molecule has 1 N–H and O–H groups in total. The number of nitrogens with one attached hydrogen (secondary N) is 1. The number of imidazole rings is 1. The minimum atomic E-state index is -3.20. The van der Waals surface area contributed by atoms with Crippen molar-refractivity contribution in [3.8, 4) is 11.3 Å². The Labute approximate surface area is 169 Å². The van der Waals surface area contributed by atoms with Crippen molar-refractivity contribution in [2.75, 3.05) is 6.26 Å². The predicted octanol–water partition coefficient (Wildman–Crippen LogP) is 5.25. The summed E-state index contributed by atoms with van der Waals surface area (Å²) in [4.78, 5) is 8.65. The van der Waals surface area contributed by atoms with Gasteiger partial charge in [0.15, 0.2) is 9.84 Å². The van der Waals surface area contributed by atoms with E-state index in [1.807, 2.05) is 18.2 Å². The number of aromatic nitrogens is 2. The van der Waals surface area contributed by atoms with E-state index in [0.29, 0.717) is 4.90 Å². The van der Waals surface area contributed by atoms with Crippen LogP contribution in [0.25, 0.3) is 16.8 Å². The SMILES string of the molecule is CCC(C)(F)F.CS(=O)(=O)c1ccc(-c2nc[nH]c2C2=CC=CCC2=S)cc1. The molecule has 1 aromatic heterocycles. The van der Waals surface area contributed by atoms with Gasteiger partial charge in [0.25, 0.3) is 0 Å². The van der Waals surface area contributed by atoms with Crippen molar-refractivity contribution in [2.45, 2.75) is 37.5 Å². The molecule has 1 heterocycles. The second-order valence-electron chi connectivity index (χ2n) is 6.48. The van der Waals surface area contributed by atoms with Gasteiger partial charge < -0.3 is 4.98 Å². The van der Waals surface area contributed by atoms with Crippen molar-refractivity contribution in [2.24, 2.45) is 0 Å². The lowest BCUT2D eigenvalue weighted by Gasteiger charge is -2.11. The van der Waals surface area contributed by atoms with Crippen molar-refractivity contribution in [1.82, 2.24) is 9.97 Å². The molecule has 8 heteroatoms. The third-order valence-corrected chi connectivity index (χ3v) is 5.60. The molecule has 0 atom stereocenters. The number of hydrogen-bond donors (Lipinski definition) is 1. The maximum Gasteiger partial charge on any atom is 0.245 e. The van der Waals surface area contributed by atoms with Crippen LogP contribution in [-0.2, 0) is 9.84 Å². The first-order chi connectivity index (χ1) is 13.0. The van der Waals surface area contributed by atoms with E-state index in [1.54, 1.807) is 30.6 Å². The number of sulfone groups is 1. The van der Waals surface area contributed by atoms with Crippen molar-refractivity contribution < 1.29 is 17.2 Å². The lowest BCUT2D eigenvalue weighted by molar-refractivity contribution is 0.0181. The van der Waals surface area contributed by atoms with Crippen LogP contribution < -0.4 is 0 Å². The molecule has 0 aliphatic heterocycles. The Morgan fingerprint density at radius 1 is 1.25 bits per heavy atom. The molecule has 3 rings (SSSR count). The van der Waals surface area contributed by atoms with Crippen LogP contribution in [0.4, 0.5) is 8.78 Å². The highest BCUT2D eigenvalue weighted by atomic mass is 32.2. The molecule has 1 aliphatic rings. The number of allylic oxidation sites excluding steroid dienone is 4. The van der Waals surface area contributed by atoms with E-state index in [-0.39, 0.29) is 6.42 Å². The Bertz CT molecular complexity index is 1000. The first-order valence-electron chi connectivity index (χ1n) is 8.65. The summed E-state index contributed by atoms with van der Waals surface area (Å²) in [6.07, 6.45) is 9.45. The van der Waals surface area contributed by atoms with Gasteiger partial charge in [-0.15, -0.1) is 0 Å². The van der Waals surface area contributed by atoms with Gasteiger partial charge in [-0.2, -0.15) is 0 Å². The molecule has 0 bridgehead atoms. The Kier molecular flexibility index (Phi) is 7.01. The van der Waals surface area contributed by atoms with E-state index < -0.39 is 15.8 Å². The van der Waals surface area contributed by atoms with Crippen LogP contribution in [0.2, 0.25) is 0 Å². The Morgan fingerprint density at radius 2 is 1.86 bits per heavy atom. The molecule has 4 nitrogen and oxygen atoms in total. The maximum absolute atomic E-state index is 11.5. The van der Waals surface area contributed by atoms with Gasteiger partial charge in [0.1, 0.15) is 0 Å². The lowest BCUT2D eigenvalue weighted by Crippen LogP contribution is -2.05. The molecule has 0 saturated heterocycles. The highest BCUT2D eigenvalue weighted by molar-refractivity contribution is 7.90. The summed E-state index contributed by atoms with van der Waals surface area (Å²) < 4.78 is 46.0. The van der Waals surface area contributed by atoms with E-state index in [2.05, 4.69) is 9.97 Å². The van der Waals surface area contributed by atoms with E-state index in [1.165, 1.54) is 13.2 Å². The summed E-state index contributed by atoms with van der Waals surface area (Å²) in [6, 6.07) is 6.71. The van der Waals surface area contributed by atoms with Gasteiger partial charge in [-0.3, -0.25) is 0 Å². The van der Waals surface area contributed by atoms with Crippen molar-refractivity contribution in [3.05, 3.63) is 54.5 Å². The van der Waals surface area contributed by atoms with E-state index >= 15 is 0 Å². The topological polar surface area (TPSA) is 62.8 Å². The van der Waals surface area contributed by atoms with Crippen LogP contribution in [-0.4, -0.2) is 35.4 Å². The fraction of sp³-hybridized carbons (Fsp3) is 0.300. The van der Waals surface area contributed by atoms with E-state index in [4.69, 9.17) is 12.2 Å². The van der Waals surface area contributed by atoms with Crippen molar-refractivity contribution >= 4 is 32.5 Å². The van der Waals surface area contributed by atoms with Crippen LogP contribution in [0.5, 0.6) is 0 Å². The molecule has 1 aliphatic carbocycles. The molecule has 0 saturated carbocycles. The first kappa shape index (κ1) is 22.1. The van der Waals surface area contributed by atoms with E-state index in [9.17, 15) is 17.2 Å². The average Bonchev–Trinajstić information content (AvgIpc) is 3.11. The van der Waals surface area contributed by atoms with E-state index in [0.717, 1.165) is 40.7 Å². The highest BCUT2D eigenvalue weighted by Crippen LogP contribution is 2.29. The number of halogens is 2. The summed E-state index contributed by atoms with van der Waals surface area (Å²) in [6.45, 7) is 2.37. The smallest absolute Gasteiger partial charge is 0.245 e. The Balaban J connectivity index is 0.000000409. The number of alkyl halides is 2. The normalized spacial score (nSPS) is 14.3. The van der Waals surface area contributed by atoms with Gasteiger partial charge >= 0.3 is 0 Å². The fourth-order valence-electron chi connectivity index (χ4n) is 2.34. The molecule has 0 amide bonds. The zero-order valence-corrected chi connectivity index (χ0v) is 17.5. The summed E-state index contributed by atoms with van der Waals surface area (Å²) in [5, 5.41) is 0. The molecular weight excluding hydrogens is 402 g/mol. The highest BCUT2D eigenvalue weighted by Gasteiger charge is 2.17. The van der Waals surface area contributed by atoms with Crippen LogP contribution >= 0.6 is 12.2 Å². The molecule has 0 unspecified atom stereocenters. The zero-order valence-electron chi connectivity index (χ0n) is 15.9. The number of nitrogens with zero attached hydrogens (tertiary/aromatic N) is 1. The third-order valence-electron chi connectivity index (χ3n) is 4.09. The second kappa shape index (κ2) is 8.87. The first-order valence-corrected chi connectivity index (χ1v) is 10.9. The predicted molar refractivity (Wildman–Crippen MR) is 112 cm³/mol. The molecule has 1 aromatic carbocycles. The zero-order chi connectivity index (χ0) is 20.9. The molecule has 0 spiro atoms. The van der Waals surface area contributed by atoms with Gasteiger partial charge in [-0.1, -0.05) is 49.5 Å². The van der Waals surface area contributed by atoms with Crippen molar-refractivity contribution in [1.29, 1.82) is 0 Å². The standard InChI is InChI=1S/C16H14N2O2S2.C4H8F2/c1-22(19,20)12-8-6-11(7-9-12)15-16(18-10-17-15)13-4-2-3-5-14(13)21;1-3-4(2,5)6/h2-4,6-10H,5H2,1H3,(H,17,18);3H2,1-2H3. The lowest BCUT2D eigenvalue weighted by atomic mass is 9.98. The van der Waals surface area contributed by atoms with Gasteiger partial charge in [0.2, 0.25) is 5.92 Å². The largest absolute Gasteiger partial charge is 0.344 e. The molecular formula is C20H22F2N2O2S2. The summed E-state index contributed by atoms with van der Waals surface area (Å²) in [5.74, 6) is -2.46. The van der Waals surface area contributed by atoms with Crippen LogP contribution in [0.1, 0.15) is 32.4 Å². The van der Waals surface area contributed by atoms with Gasteiger partial charge in [-0.05, 0) is 19.1 Å². The summed E-state index contributed by atoms with van der Waals surface area (Å²) in [5.41, 5.74) is 3.43. The van der Waals surface area contributed by atoms with Gasteiger partial charge in [0.05, 0.1) is 22.6 Å².